The number of hydrogen-bond acceptors (Lipinski definition) is 4. The van der Waals surface area contributed by atoms with Gasteiger partial charge >= 0.3 is 5.97 Å². The van der Waals surface area contributed by atoms with Crippen molar-refractivity contribution < 1.29 is 14.6 Å². The average molecular weight is 285 g/mol. The molecule has 0 aromatic rings. The molecule has 0 amide bonds. The van der Waals surface area contributed by atoms with Gasteiger partial charge in [0.25, 0.3) is 0 Å². The second-order valence-electron chi connectivity index (χ2n) is 6.12. The van der Waals surface area contributed by atoms with Crippen LogP contribution in [0.4, 0.5) is 0 Å². The number of aliphatic carboxylic acids is 1. The summed E-state index contributed by atoms with van der Waals surface area (Å²) in [6, 6.07) is 0.461. The van der Waals surface area contributed by atoms with Crippen LogP contribution < -0.4 is 5.32 Å². The van der Waals surface area contributed by atoms with Gasteiger partial charge in [-0.3, -0.25) is 10.1 Å². The topological polar surface area (TPSA) is 58.6 Å². The van der Waals surface area contributed by atoms with Crippen LogP contribution in [-0.2, 0) is 9.53 Å². The van der Waals surface area contributed by atoms with Gasteiger partial charge in [-0.1, -0.05) is 0 Å². The summed E-state index contributed by atoms with van der Waals surface area (Å²) in [6.45, 7) is 1.74. The Morgan fingerprint density at radius 1 is 1.16 bits per heavy atom. The number of carboxylic acids is 1. The minimum Gasteiger partial charge on any atom is -0.480 e. The Morgan fingerprint density at radius 2 is 1.89 bits per heavy atom. The van der Waals surface area contributed by atoms with Crippen molar-refractivity contribution in [2.45, 2.75) is 67.0 Å². The molecule has 2 aliphatic carbocycles. The lowest BCUT2D eigenvalue weighted by atomic mass is 9.98. The molecule has 4 nitrogen and oxygen atoms in total. The van der Waals surface area contributed by atoms with Crippen LogP contribution in [0.3, 0.4) is 0 Å². The quantitative estimate of drug-likeness (QED) is 0.809. The molecule has 5 heteroatoms. The van der Waals surface area contributed by atoms with Crippen LogP contribution in [0.25, 0.3) is 0 Å². The Morgan fingerprint density at radius 3 is 2.53 bits per heavy atom. The number of rotatable bonds is 5. The van der Waals surface area contributed by atoms with Crippen LogP contribution in [0, 0.1) is 0 Å². The van der Waals surface area contributed by atoms with Gasteiger partial charge in [-0.25, -0.2) is 0 Å². The van der Waals surface area contributed by atoms with Crippen molar-refractivity contribution >= 4 is 17.7 Å². The van der Waals surface area contributed by atoms with Gasteiger partial charge in [0.2, 0.25) is 0 Å². The standard InChI is InChI=1S/C14H23NO3S/c16-13(17)14(15-10-1-2-10)6-3-12(9-14)19-11-4-7-18-8-5-11/h10-12,15H,1-9H2,(H,16,17). The molecule has 0 aromatic heterocycles. The fraction of sp³-hybridized carbons (Fsp3) is 0.929. The van der Waals surface area contributed by atoms with E-state index in [4.69, 9.17) is 4.74 Å². The molecule has 0 bridgehead atoms. The second-order valence-corrected chi connectivity index (χ2v) is 7.72. The van der Waals surface area contributed by atoms with E-state index < -0.39 is 11.5 Å². The average Bonchev–Trinajstić information content (AvgIpc) is 3.11. The Bertz CT molecular complexity index is 342. The molecule has 3 aliphatic rings. The van der Waals surface area contributed by atoms with E-state index in [2.05, 4.69) is 5.32 Å². The minimum absolute atomic E-state index is 0.461. The number of hydrogen-bond donors (Lipinski definition) is 2. The molecule has 19 heavy (non-hydrogen) atoms. The zero-order valence-corrected chi connectivity index (χ0v) is 12.1. The number of ether oxygens (including phenoxy) is 1. The first-order valence-electron chi connectivity index (χ1n) is 7.42. The highest BCUT2D eigenvalue weighted by molar-refractivity contribution is 8.00. The lowest BCUT2D eigenvalue weighted by Crippen LogP contribution is -2.51. The number of nitrogens with one attached hydrogen (secondary N) is 1. The Kier molecular flexibility index (Phi) is 4.06. The molecule has 1 aliphatic heterocycles. The van der Waals surface area contributed by atoms with Crippen LogP contribution in [0.5, 0.6) is 0 Å². The first kappa shape index (κ1) is 13.7. The third kappa shape index (κ3) is 3.26. The fourth-order valence-electron chi connectivity index (χ4n) is 3.21. The Labute approximate surface area is 118 Å². The molecule has 2 unspecified atom stereocenters. The largest absolute Gasteiger partial charge is 0.480 e. The Balaban J connectivity index is 1.55. The van der Waals surface area contributed by atoms with E-state index in [0.29, 0.717) is 16.5 Å². The highest BCUT2D eigenvalue weighted by Gasteiger charge is 2.48. The monoisotopic (exact) mass is 285 g/mol. The summed E-state index contributed by atoms with van der Waals surface area (Å²) in [5, 5.41) is 14.1. The lowest BCUT2D eigenvalue weighted by molar-refractivity contribution is -0.144. The van der Waals surface area contributed by atoms with Gasteiger partial charge in [-0.2, -0.15) is 11.8 Å². The molecule has 0 spiro atoms. The van der Waals surface area contributed by atoms with Crippen molar-refractivity contribution in [2.24, 2.45) is 0 Å². The van der Waals surface area contributed by atoms with Crippen molar-refractivity contribution in [3.05, 3.63) is 0 Å². The molecule has 1 heterocycles. The number of carboxylic acid groups (broad SMARTS) is 1. The molecule has 0 aromatic carbocycles. The molecular weight excluding hydrogens is 262 g/mol. The molecule has 2 saturated carbocycles. The highest BCUT2D eigenvalue weighted by atomic mass is 32.2. The zero-order chi connectivity index (χ0) is 13.3. The smallest absolute Gasteiger partial charge is 0.323 e. The van der Waals surface area contributed by atoms with Crippen LogP contribution in [0.2, 0.25) is 0 Å². The maximum Gasteiger partial charge on any atom is 0.323 e. The minimum atomic E-state index is -0.644. The van der Waals surface area contributed by atoms with Crippen molar-refractivity contribution in [3.8, 4) is 0 Å². The molecule has 3 rings (SSSR count). The van der Waals surface area contributed by atoms with E-state index in [1.807, 2.05) is 11.8 Å². The summed E-state index contributed by atoms with van der Waals surface area (Å²) >= 11 is 2.01. The molecular formula is C14H23NO3S. The Hall–Kier alpha value is -0.260. The predicted octanol–water partition coefficient (Wildman–Crippen LogP) is 2.03. The van der Waals surface area contributed by atoms with Gasteiger partial charge in [0.15, 0.2) is 0 Å². The SMILES string of the molecule is O=C(O)C1(NC2CC2)CCC(SC2CCOCC2)C1. The number of carbonyl (C=O) groups is 1. The van der Waals surface area contributed by atoms with Crippen molar-refractivity contribution in [2.75, 3.05) is 13.2 Å². The highest BCUT2D eigenvalue weighted by Crippen LogP contribution is 2.42. The van der Waals surface area contributed by atoms with Gasteiger partial charge < -0.3 is 9.84 Å². The van der Waals surface area contributed by atoms with Gasteiger partial charge in [-0.05, 0) is 44.9 Å². The second kappa shape index (κ2) is 5.62. The van der Waals surface area contributed by atoms with Crippen LogP contribution in [0.15, 0.2) is 0 Å². The summed E-state index contributed by atoms with van der Waals surface area (Å²) in [5.74, 6) is -0.644. The molecule has 2 N–H and O–H groups in total. The zero-order valence-electron chi connectivity index (χ0n) is 11.3. The summed E-state index contributed by atoms with van der Waals surface area (Å²) in [6.07, 6.45) is 7.16. The third-order valence-electron chi connectivity index (χ3n) is 4.49. The fourth-order valence-corrected chi connectivity index (χ4v) is 4.85. The maximum atomic E-state index is 11.6. The van der Waals surface area contributed by atoms with Crippen LogP contribution in [0.1, 0.15) is 44.9 Å². The molecule has 0 radical (unpaired) electrons. The molecule has 1 saturated heterocycles. The maximum absolute atomic E-state index is 11.6. The first-order valence-corrected chi connectivity index (χ1v) is 8.36. The third-order valence-corrected chi connectivity index (χ3v) is 6.13. The van der Waals surface area contributed by atoms with E-state index in [1.165, 1.54) is 0 Å². The summed E-state index contributed by atoms with van der Waals surface area (Å²) in [7, 11) is 0. The van der Waals surface area contributed by atoms with Crippen LogP contribution >= 0.6 is 11.8 Å². The van der Waals surface area contributed by atoms with Crippen molar-refractivity contribution in [3.63, 3.8) is 0 Å². The van der Waals surface area contributed by atoms with Gasteiger partial charge in [0, 0.05) is 29.8 Å². The predicted molar refractivity (Wildman–Crippen MR) is 75.6 cm³/mol. The normalized spacial score (nSPS) is 36.5. The molecule has 3 fully saturated rings. The van der Waals surface area contributed by atoms with E-state index in [9.17, 15) is 9.90 Å². The summed E-state index contributed by atoms with van der Waals surface area (Å²) in [4.78, 5) is 11.6. The van der Waals surface area contributed by atoms with Gasteiger partial charge in [-0.15, -0.1) is 0 Å². The van der Waals surface area contributed by atoms with Gasteiger partial charge in [0.05, 0.1) is 0 Å². The first-order chi connectivity index (χ1) is 9.18. The molecule has 2 atom stereocenters. The molecule has 108 valence electrons. The summed E-state index contributed by atoms with van der Waals surface area (Å²) < 4.78 is 5.38. The van der Waals surface area contributed by atoms with E-state index in [-0.39, 0.29) is 0 Å². The number of thioether (sulfide) groups is 1. The lowest BCUT2D eigenvalue weighted by Gasteiger charge is -2.27. The van der Waals surface area contributed by atoms with E-state index in [1.54, 1.807) is 0 Å². The van der Waals surface area contributed by atoms with Gasteiger partial charge in [0.1, 0.15) is 5.54 Å². The van der Waals surface area contributed by atoms with E-state index >= 15 is 0 Å². The van der Waals surface area contributed by atoms with Crippen LogP contribution in [-0.4, -0.2) is 46.4 Å². The summed E-state index contributed by atoms with van der Waals surface area (Å²) in [5.41, 5.74) is -0.635. The van der Waals surface area contributed by atoms with Crippen molar-refractivity contribution in [1.29, 1.82) is 0 Å². The van der Waals surface area contributed by atoms with Crippen molar-refractivity contribution in [1.82, 2.24) is 5.32 Å². The van der Waals surface area contributed by atoms with E-state index in [0.717, 1.165) is 58.2 Å².